The molecule has 0 unspecified atom stereocenters. The van der Waals surface area contributed by atoms with Crippen LogP contribution in [0.2, 0.25) is 0 Å². The highest BCUT2D eigenvalue weighted by Gasteiger charge is 1.96. The van der Waals surface area contributed by atoms with E-state index in [0.717, 1.165) is 10.4 Å². The van der Waals surface area contributed by atoms with Crippen molar-refractivity contribution in [3.05, 3.63) is 82.0 Å². The first kappa shape index (κ1) is 12.7. The predicted molar refractivity (Wildman–Crippen MR) is 86.9 cm³/mol. The fourth-order valence-electron chi connectivity index (χ4n) is 2.01. The standard InChI is InChI=1S/C19H14S/c1-15-7-13-19(20-15)14-10-16-8-11-18(12-9-16)17-5-3-2-4-6-17/h2-9,11-13H,1H3. The number of hydrogen-bond donors (Lipinski definition) is 0. The van der Waals surface area contributed by atoms with Crippen LogP contribution in [0, 0.1) is 18.8 Å². The fourth-order valence-corrected chi connectivity index (χ4v) is 2.73. The summed E-state index contributed by atoms with van der Waals surface area (Å²) in [4.78, 5) is 2.42. The lowest BCUT2D eigenvalue weighted by atomic mass is 10.0. The van der Waals surface area contributed by atoms with E-state index in [1.54, 1.807) is 11.3 Å². The van der Waals surface area contributed by atoms with Crippen molar-refractivity contribution in [2.45, 2.75) is 6.92 Å². The molecule has 0 aliphatic heterocycles. The van der Waals surface area contributed by atoms with Crippen molar-refractivity contribution >= 4 is 11.3 Å². The summed E-state index contributed by atoms with van der Waals surface area (Å²) in [6, 6.07) is 23.0. The lowest BCUT2D eigenvalue weighted by molar-refractivity contribution is 1.59. The van der Waals surface area contributed by atoms with Gasteiger partial charge in [0.2, 0.25) is 0 Å². The van der Waals surface area contributed by atoms with Gasteiger partial charge >= 0.3 is 0 Å². The summed E-state index contributed by atoms with van der Waals surface area (Å²) in [6.45, 7) is 2.10. The Kier molecular flexibility index (Phi) is 3.67. The highest BCUT2D eigenvalue weighted by molar-refractivity contribution is 7.12. The van der Waals surface area contributed by atoms with Crippen molar-refractivity contribution in [3.8, 4) is 23.0 Å². The SMILES string of the molecule is Cc1ccc(C#Cc2ccc(-c3ccccc3)cc2)s1. The van der Waals surface area contributed by atoms with Gasteiger partial charge in [-0.05, 0) is 42.3 Å². The van der Waals surface area contributed by atoms with Gasteiger partial charge in [0.05, 0.1) is 4.88 Å². The Morgan fingerprint density at radius 2 is 1.40 bits per heavy atom. The molecule has 0 aliphatic carbocycles. The van der Waals surface area contributed by atoms with Gasteiger partial charge in [-0.1, -0.05) is 54.3 Å². The molecule has 0 saturated carbocycles. The molecule has 96 valence electrons. The Balaban J connectivity index is 1.82. The first-order valence-electron chi connectivity index (χ1n) is 6.55. The Bertz CT molecular complexity index is 753. The van der Waals surface area contributed by atoms with Crippen molar-refractivity contribution in [1.29, 1.82) is 0 Å². The van der Waals surface area contributed by atoms with Crippen molar-refractivity contribution in [1.82, 2.24) is 0 Å². The van der Waals surface area contributed by atoms with Crippen molar-refractivity contribution < 1.29 is 0 Å². The first-order chi connectivity index (χ1) is 9.81. The van der Waals surface area contributed by atoms with Crippen LogP contribution in [0.15, 0.2) is 66.7 Å². The highest BCUT2D eigenvalue weighted by atomic mass is 32.1. The third-order valence-electron chi connectivity index (χ3n) is 3.06. The Hall–Kier alpha value is -2.30. The van der Waals surface area contributed by atoms with Crippen LogP contribution in [0.25, 0.3) is 11.1 Å². The minimum Gasteiger partial charge on any atom is -0.132 e. The van der Waals surface area contributed by atoms with Crippen LogP contribution < -0.4 is 0 Å². The Morgan fingerprint density at radius 1 is 0.700 bits per heavy atom. The van der Waals surface area contributed by atoms with Crippen molar-refractivity contribution in [2.75, 3.05) is 0 Å². The Morgan fingerprint density at radius 3 is 2.05 bits per heavy atom. The maximum Gasteiger partial charge on any atom is 0.0775 e. The Labute approximate surface area is 123 Å². The monoisotopic (exact) mass is 274 g/mol. The predicted octanol–water partition coefficient (Wildman–Crippen LogP) is 5.12. The molecule has 20 heavy (non-hydrogen) atoms. The average Bonchev–Trinajstić information content (AvgIpc) is 2.92. The van der Waals surface area contributed by atoms with E-state index in [1.807, 2.05) is 6.07 Å². The van der Waals surface area contributed by atoms with E-state index >= 15 is 0 Å². The summed E-state index contributed by atoms with van der Waals surface area (Å²) in [5, 5.41) is 0. The van der Waals surface area contributed by atoms with Crippen LogP contribution in [0.4, 0.5) is 0 Å². The van der Waals surface area contributed by atoms with Crippen LogP contribution in [-0.4, -0.2) is 0 Å². The van der Waals surface area contributed by atoms with Gasteiger partial charge in [-0.15, -0.1) is 11.3 Å². The van der Waals surface area contributed by atoms with Crippen molar-refractivity contribution in [3.63, 3.8) is 0 Å². The van der Waals surface area contributed by atoms with Crippen LogP contribution in [0.5, 0.6) is 0 Å². The van der Waals surface area contributed by atoms with Gasteiger partial charge < -0.3 is 0 Å². The number of rotatable bonds is 1. The maximum atomic E-state index is 3.21. The molecule has 1 heterocycles. The second-order valence-corrected chi connectivity index (χ2v) is 5.89. The van der Waals surface area contributed by atoms with Gasteiger partial charge in [-0.3, -0.25) is 0 Å². The van der Waals surface area contributed by atoms with Crippen LogP contribution in [0.3, 0.4) is 0 Å². The largest absolute Gasteiger partial charge is 0.132 e. The zero-order valence-corrected chi connectivity index (χ0v) is 12.1. The van der Waals surface area contributed by atoms with Gasteiger partial charge in [0.15, 0.2) is 0 Å². The van der Waals surface area contributed by atoms with Crippen LogP contribution in [-0.2, 0) is 0 Å². The molecular weight excluding hydrogens is 260 g/mol. The summed E-state index contributed by atoms with van der Waals surface area (Å²) in [5.41, 5.74) is 3.51. The summed E-state index contributed by atoms with van der Waals surface area (Å²) >= 11 is 1.73. The molecule has 0 saturated heterocycles. The number of hydrogen-bond acceptors (Lipinski definition) is 1. The van der Waals surface area contributed by atoms with E-state index in [0.29, 0.717) is 0 Å². The average molecular weight is 274 g/mol. The third-order valence-corrected chi connectivity index (χ3v) is 3.98. The molecule has 3 rings (SSSR count). The molecule has 0 aliphatic rings. The van der Waals surface area contributed by atoms with Crippen LogP contribution in [0.1, 0.15) is 15.3 Å². The van der Waals surface area contributed by atoms with E-state index in [-0.39, 0.29) is 0 Å². The van der Waals surface area contributed by atoms with Gasteiger partial charge in [-0.2, -0.15) is 0 Å². The molecule has 3 aromatic rings. The topological polar surface area (TPSA) is 0 Å². The van der Waals surface area contributed by atoms with Crippen molar-refractivity contribution in [2.24, 2.45) is 0 Å². The molecule has 0 bridgehead atoms. The summed E-state index contributed by atoms with van der Waals surface area (Å²) in [6.07, 6.45) is 0. The van der Waals surface area contributed by atoms with Gasteiger partial charge in [-0.25, -0.2) is 0 Å². The van der Waals surface area contributed by atoms with Gasteiger partial charge in [0.1, 0.15) is 0 Å². The molecule has 1 heteroatoms. The molecule has 0 fully saturated rings. The quantitative estimate of drug-likeness (QED) is 0.540. The first-order valence-corrected chi connectivity index (χ1v) is 7.37. The van der Waals surface area contributed by atoms with E-state index in [4.69, 9.17) is 0 Å². The van der Waals surface area contributed by atoms with Gasteiger partial charge in [0, 0.05) is 10.4 Å². The van der Waals surface area contributed by atoms with Gasteiger partial charge in [0.25, 0.3) is 0 Å². The van der Waals surface area contributed by atoms with E-state index in [2.05, 4.69) is 79.4 Å². The minimum absolute atomic E-state index is 1.05. The number of benzene rings is 2. The zero-order chi connectivity index (χ0) is 13.8. The molecule has 0 nitrogen and oxygen atoms in total. The zero-order valence-electron chi connectivity index (χ0n) is 11.3. The number of thiophene rings is 1. The molecule has 0 atom stereocenters. The molecule has 0 amide bonds. The second kappa shape index (κ2) is 5.77. The summed E-state index contributed by atoms with van der Waals surface area (Å²) in [7, 11) is 0. The molecular formula is C19H14S. The molecule has 0 spiro atoms. The minimum atomic E-state index is 1.05. The number of aryl methyl sites for hydroxylation is 1. The molecule has 0 N–H and O–H groups in total. The summed E-state index contributed by atoms with van der Waals surface area (Å²) in [5.74, 6) is 6.42. The van der Waals surface area contributed by atoms with E-state index < -0.39 is 0 Å². The normalized spacial score (nSPS) is 9.85. The van der Waals surface area contributed by atoms with E-state index in [9.17, 15) is 0 Å². The molecule has 1 aromatic heterocycles. The highest BCUT2D eigenvalue weighted by Crippen LogP contribution is 2.19. The third kappa shape index (κ3) is 2.99. The lowest BCUT2D eigenvalue weighted by Crippen LogP contribution is -1.78. The molecule has 2 aromatic carbocycles. The fraction of sp³-hybridized carbons (Fsp3) is 0.0526. The van der Waals surface area contributed by atoms with Crippen LogP contribution >= 0.6 is 11.3 Å². The van der Waals surface area contributed by atoms with E-state index in [1.165, 1.54) is 16.0 Å². The second-order valence-electron chi connectivity index (χ2n) is 4.60. The lowest BCUT2D eigenvalue weighted by Gasteiger charge is -2.00. The summed E-state index contributed by atoms with van der Waals surface area (Å²) < 4.78 is 0. The maximum absolute atomic E-state index is 3.21. The molecule has 0 radical (unpaired) electrons. The smallest absolute Gasteiger partial charge is 0.0775 e.